The van der Waals surface area contributed by atoms with Crippen LogP contribution in [0.4, 0.5) is 17.1 Å². The van der Waals surface area contributed by atoms with Crippen LogP contribution in [0.15, 0.2) is 58.1 Å². The molecule has 160 valence electrons. The van der Waals surface area contributed by atoms with Crippen LogP contribution in [0.3, 0.4) is 0 Å². The number of carbonyl (C=O) groups excluding carboxylic acids is 1. The van der Waals surface area contributed by atoms with E-state index in [2.05, 4.69) is 17.6 Å². The Morgan fingerprint density at radius 3 is 2.42 bits per heavy atom. The van der Waals surface area contributed by atoms with Gasteiger partial charge in [-0.1, -0.05) is 31.2 Å². The molecule has 0 bridgehead atoms. The van der Waals surface area contributed by atoms with Gasteiger partial charge >= 0.3 is 0 Å². The van der Waals surface area contributed by atoms with E-state index in [0.717, 1.165) is 42.7 Å². The predicted octanol–water partition coefficient (Wildman–Crippen LogP) is 3.69. The minimum atomic E-state index is -0.442. The number of hydrogen-bond donors (Lipinski definition) is 2. The monoisotopic (exact) mass is 417 g/mol. The lowest BCUT2D eigenvalue weighted by Gasteiger charge is -2.33. The third-order valence-electron chi connectivity index (χ3n) is 5.95. The van der Waals surface area contributed by atoms with Gasteiger partial charge < -0.3 is 15.5 Å². The van der Waals surface area contributed by atoms with E-state index >= 15 is 0 Å². The van der Waals surface area contributed by atoms with Gasteiger partial charge in [0.15, 0.2) is 0 Å². The van der Waals surface area contributed by atoms with E-state index in [1.54, 1.807) is 12.1 Å². The van der Waals surface area contributed by atoms with Crippen molar-refractivity contribution >= 4 is 23.0 Å². The van der Waals surface area contributed by atoms with Gasteiger partial charge in [0.2, 0.25) is 0 Å². The van der Waals surface area contributed by atoms with Crippen molar-refractivity contribution in [3.8, 4) is 0 Å². The summed E-state index contributed by atoms with van der Waals surface area (Å²) in [5.41, 5.74) is 3.45. The summed E-state index contributed by atoms with van der Waals surface area (Å²) < 4.78 is 0. The first kappa shape index (κ1) is 20.8. The van der Waals surface area contributed by atoms with Gasteiger partial charge in [-0.15, -0.1) is 0 Å². The minimum Gasteiger partial charge on any atom is -0.376 e. The molecule has 1 amide bonds. The molecule has 1 saturated heterocycles. The number of hydrogen-bond acceptors (Lipinski definition) is 5. The number of amides is 1. The summed E-state index contributed by atoms with van der Waals surface area (Å²) in [4.78, 5) is 38.7. The molecule has 1 aliphatic rings. The summed E-state index contributed by atoms with van der Waals surface area (Å²) >= 11 is 0. The lowest BCUT2D eigenvalue weighted by molar-refractivity contribution is 0.102. The fourth-order valence-corrected chi connectivity index (χ4v) is 3.97. The molecule has 0 saturated carbocycles. The lowest BCUT2D eigenvalue weighted by Crippen LogP contribution is -2.45. The average Bonchev–Trinajstić information content (AvgIpc) is 2.77. The highest BCUT2D eigenvalue weighted by Crippen LogP contribution is 2.26. The van der Waals surface area contributed by atoms with Crippen LogP contribution in [-0.4, -0.2) is 19.0 Å². The van der Waals surface area contributed by atoms with E-state index in [-0.39, 0.29) is 11.3 Å². The van der Waals surface area contributed by atoms with Crippen molar-refractivity contribution in [1.82, 2.24) is 0 Å². The first-order valence-corrected chi connectivity index (χ1v) is 10.7. The van der Waals surface area contributed by atoms with Crippen molar-refractivity contribution in [3.05, 3.63) is 85.7 Å². The summed E-state index contributed by atoms with van der Waals surface area (Å²) in [6.07, 6.45) is 2.06. The molecule has 1 fully saturated rings. The molecule has 3 aromatic carbocycles. The van der Waals surface area contributed by atoms with E-state index in [1.807, 2.05) is 48.2 Å². The van der Waals surface area contributed by atoms with Crippen molar-refractivity contribution in [1.29, 1.82) is 0 Å². The van der Waals surface area contributed by atoms with Crippen LogP contribution >= 0.6 is 0 Å². The van der Waals surface area contributed by atoms with E-state index in [4.69, 9.17) is 0 Å². The number of rotatable bonds is 6. The van der Waals surface area contributed by atoms with Gasteiger partial charge in [0.1, 0.15) is 11.4 Å². The van der Waals surface area contributed by atoms with E-state index in [0.29, 0.717) is 29.4 Å². The second-order valence-electron chi connectivity index (χ2n) is 8.43. The molecular weight excluding hydrogens is 390 g/mol. The highest BCUT2D eigenvalue weighted by atomic mass is 16.2. The fraction of sp³-hybridized carbons (Fsp3) is 0.320. The second-order valence-corrected chi connectivity index (χ2v) is 8.43. The molecule has 0 aromatic heterocycles. The molecule has 0 aliphatic carbocycles. The molecule has 0 spiro atoms. The summed E-state index contributed by atoms with van der Waals surface area (Å²) in [5.74, 6) is 0.481. The van der Waals surface area contributed by atoms with Gasteiger partial charge in [0, 0.05) is 30.9 Å². The highest BCUT2D eigenvalue weighted by Gasteiger charge is 2.28. The Balaban J connectivity index is 1.38. The quantitative estimate of drug-likeness (QED) is 0.598. The van der Waals surface area contributed by atoms with Crippen LogP contribution in [0, 0.1) is 12.8 Å². The van der Waals surface area contributed by atoms with Gasteiger partial charge in [-0.25, -0.2) is 0 Å². The number of anilines is 3. The van der Waals surface area contributed by atoms with Crippen molar-refractivity contribution in [2.75, 3.05) is 28.6 Å². The molecular formula is C25H27N3O3. The second kappa shape index (κ2) is 8.76. The Bertz CT molecular complexity index is 1150. The molecule has 0 radical (unpaired) electrons. The van der Waals surface area contributed by atoms with E-state index in [1.165, 1.54) is 0 Å². The Kier molecular flexibility index (Phi) is 5.89. The van der Waals surface area contributed by atoms with Crippen LogP contribution in [0.1, 0.15) is 41.3 Å². The fourth-order valence-electron chi connectivity index (χ4n) is 3.97. The molecule has 6 nitrogen and oxygen atoms in total. The SMILES string of the molecule is Cc1cccc(NC(=O)c2ccc(CNc3c(N4CCC(C)CC4)c(=O)c3=O)cc2)c1. The number of carbonyl (C=O) groups is 1. The van der Waals surface area contributed by atoms with Crippen LogP contribution in [0.5, 0.6) is 0 Å². The van der Waals surface area contributed by atoms with Crippen molar-refractivity contribution < 1.29 is 4.79 Å². The number of aryl methyl sites for hydroxylation is 1. The number of nitrogens with one attached hydrogen (secondary N) is 2. The third kappa shape index (κ3) is 4.53. The van der Waals surface area contributed by atoms with Crippen molar-refractivity contribution in [3.63, 3.8) is 0 Å². The van der Waals surface area contributed by atoms with Crippen molar-refractivity contribution in [2.45, 2.75) is 33.2 Å². The smallest absolute Gasteiger partial charge is 0.255 e. The maximum Gasteiger partial charge on any atom is 0.255 e. The molecule has 2 N–H and O–H groups in total. The van der Waals surface area contributed by atoms with E-state index < -0.39 is 5.43 Å². The minimum absolute atomic E-state index is 0.172. The summed E-state index contributed by atoms with van der Waals surface area (Å²) in [6.45, 7) is 6.23. The normalized spacial score (nSPS) is 14.6. The summed E-state index contributed by atoms with van der Waals surface area (Å²) in [6, 6.07) is 14.9. The Labute approximate surface area is 181 Å². The first-order chi connectivity index (χ1) is 14.9. The average molecular weight is 418 g/mol. The summed E-state index contributed by atoms with van der Waals surface area (Å²) in [7, 11) is 0. The predicted molar refractivity (Wildman–Crippen MR) is 125 cm³/mol. The van der Waals surface area contributed by atoms with Crippen LogP contribution in [0.2, 0.25) is 0 Å². The Morgan fingerprint density at radius 1 is 1.03 bits per heavy atom. The first-order valence-electron chi connectivity index (χ1n) is 10.7. The number of benzene rings is 2. The molecule has 31 heavy (non-hydrogen) atoms. The molecule has 1 aliphatic heterocycles. The largest absolute Gasteiger partial charge is 0.376 e. The molecule has 0 atom stereocenters. The van der Waals surface area contributed by atoms with Gasteiger partial charge in [0.25, 0.3) is 16.8 Å². The highest BCUT2D eigenvalue weighted by molar-refractivity contribution is 6.04. The van der Waals surface area contributed by atoms with E-state index in [9.17, 15) is 14.4 Å². The number of nitrogens with zero attached hydrogens (tertiary/aromatic N) is 1. The summed E-state index contributed by atoms with van der Waals surface area (Å²) in [5, 5.41) is 6.03. The zero-order chi connectivity index (χ0) is 22.0. The van der Waals surface area contributed by atoms with Crippen molar-refractivity contribution in [2.24, 2.45) is 5.92 Å². The maximum atomic E-state index is 12.5. The third-order valence-corrected chi connectivity index (χ3v) is 5.95. The zero-order valence-corrected chi connectivity index (χ0v) is 17.9. The van der Waals surface area contributed by atoms with Crippen LogP contribution in [0.25, 0.3) is 0 Å². The Hall–Kier alpha value is -3.41. The molecule has 1 heterocycles. The maximum absolute atomic E-state index is 12.5. The van der Waals surface area contributed by atoms with Gasteiger partial charge in [-0.05, 0) is 61.1 Å². The molecule has 6 heteroatoms. The van der Waals surface area contributed by atoms with Gasteiger partial charge in [-0.2, -0.15) is 0 Å². The standard InChI is InChI=1S/C25H27N3O3/c1-16-10-12-28(13-11-16)22-21(23(29)24(22)30)26-15-18-6-8-19(9-7-18)25(31)27-20-5-3-4-17(2)14-20/h3-9,14,16,26H,10-13,15H2,1-2H3,(H,27,31). The van der Waals surface area contributed by atoms with Crippen LogP contribution < -0.4 is 26.4 Å². The number of piperidine rings is 1. The zero-order valence-electron chi connectivity index (χ0n) is 17.9. The molecule has 0 unspecified atom stereocenters. The topological polar surface area (TPSA) is 78.5 Å². The molecule has 4 rings (SSSR count). The lowest BCUT2D eigenvalue weighted by atomic mass is 9.98. The Morgan fingerprint density at radius 2 is 1.74 bits per heavy atom. The van der Waals surface area contributed by atoms with Gasteiger partial charge in [-0.3, -0.25) is 14.4 Å². The van der Waals surface area contributed by atoms with Gasteiger partial charge in [0.05, 0.1) is 0 Å². The molecule has 3 aromatic rings. The van der Waals surface area contributed by atoms with Crippen LogP contribution in [-0.2, 0) is 6.54 Å².